The van der Waals surface area contributed by atoms with Gasteiger partial charge in [0.05, 0.1) is 0 Å². The van der Waals surface area contributed by atoms with E-state index in [-0.39, 0.29) is 0 Å². The zero-order valence-electron chi connectivity index (χ0n) is 14.5. The van der Waals surface area contributed by atoms with Crippen LogP contribution in [0.3, 0.4) is 0 Å². The molecule has 0 spiro atoms. The highest BCUT2D eigenvalue weighted by molar-refractivity contribution is 5.96. The summed E-state index contributed by atoms with van der Waals surface area (Å²) in [6.07, 6.45) is 0.0809. The topological polar surface area (TPSA) is 65.0 Å². The fraction of sp³-hybridized carbons (Fsp3) is 0.136. The van der Waals surface area contributed by atoms with Gasteiger partial charge in [0.25, 0.3) is 0 Å². The highest BCUT2D eigenvalue weighted by Gasteiger charge is 2.24. The van der Waals surface area contributed by atoms with E-state index in [4.69, 9.17) is 9.47 Å². The van der Waals surface area contributed by atoms with Gasteiger partial charge in [-0.25, -0.2) is 4.79 Å². The molecular weight excluding hydrogens is 344 g/mol. The Morgan fingerprint density at radius 1 is 0.852 bits per heavy atom. The first-order valence-corrected chi connectivity index (χ1v) is 8.64. The summed E-state index contributed by atoms with van der Waals surface area (Å²) >= 11 is 0. The van der Waals surface area contributed by atoms with Crippen LogP contribution in [-0.2, 0) is 9.53 Å². The lowest BCUT2D eigenvalue weighted by atomic mass is 10.1. The number of aliphatic hydroxyl groups is 1. The van der Waals surface area contributed by atoms with Crippen molar-refractivity contribution in [3.8, 4) is 11.5 Å². The Labute approximate surface area is 156 Å². The molecule has 0 radical (unpaired) electrons. The number of benzene rings is 3. The van der Waals surface area contributed by atoms with E-state index in [9.17, 15) is 9.90 Å². The van der Waals surface area contributed by atoms with Crippen LogP contribution in [0, 0.1) is 0 Å². The second-order valence-electron chi connectivity index (χ2n) is 6.12. The Morgan fingerprint density at radius 2 is 1.52 bits per heavy atom. The van der Waals surface area contributed by atoms with E-state index in [0.29, 0.717) is 30.1 Å². The molecule has 1 aliphatic heterocycles. The first-order valence-electron chi connectivity index (χ1n) is 8.64. The van der Waals surface area contributed by atoms with E-state index < -0.39 is 12.3 Å². The minimum absolute atomic E-state index is 0.402. The highest BCUT2D eigenvalue weighted by Crippen LogP contribution is 2.26. The molecule has 1 unspecified atom stereocenters. The Morgan fingerprint density at radius 3 is 2.22 bits per heavy atom. The van der Waals surface area contributed by atoms with Crippen molar-refractivity contribution in [2.75, 3.05) is 13.2 Å². The maximum absolute atomic E-state index is 11.2. The maximum atomic E-state index is 11.2. The lowest BCUT2D eigenvalue weighted by molar-refractivity contribution is -0.149. The Hall–Kier alpha value is -3.31. The molecule has 1 heterocycles. The van der Waals surface area contributed by atoms with Crippen molar-refractivity contribution in [1.29, 1.82) is 0 Å². The maximum Gasteiger partial charge on any atom is 0.333 e. The number of carbonyl (C=O) groups excluding carboxylic acids is 1. The van der Waals surface area contributed by atoms with E-state index in [1.165, 1.54) is 11.5 Å². The third-order valence-corrected chi connectivity index (χ3v) is 4.30. The molecule has 0 fully saturated rings. The van der Waals surface area contributed by atoms with Crippen LogP contribution in [0.2, 0.25) is 0 Å². The number of esters is 1. The average Bonchev–Trinajstić information content (AvgIpc) is 3.03. The van der Waals surface area contributed by atoms with Gasteiger partial charge in [0, 0.05) is 11.6 Å². The number of rotatable bonds is 6. The molecule has 1 N–H and O–H groups in total. The van der Waals surface area contributed by atoms with Gasteiger partial charge in [0.1, 0.15) is 24.7 Å². The Balaban J connectivity index is 1.30. The molecule has 3 aromatic rings. The number of carbonyl (C=O) groups is 1. The molecule has 1 atom stereocenters. The minimum atomic E-state index is -1.21. The predicted octanol–water partition coefficient (Wildman–Crippen LogP) is 3.56. The average molecular weight is 362 g/mol. The van der Waals surface area contributed by atoms with Crippen molar-refractivity contribution in [2.45, 2.75) is 6.29 Å². The number of hydrogen-bond donors (Lipinski definition) is 1. The van der Waals surface area contributed by atoms with Gasteiger partial charge in [-0.2, -0.15) is 0 Å². The summed E-state index contributed by atoms with van der Waals surface area (Å²) in [5.74, 6) is 0.948. The fourth-order valence-electron chi connectivity index (χ4n) is 2.95. The second kappa shape index (κ2) is 7.51. The van der Waals surface area contributed by atoms with Gasteiger partial charge in [-0.3, -0.25) is 0 Å². The van der Waals surface area contributed by atoms with Gasteiger partial charge in [0.15, 0.2) is 0 Å². The van der Waals surface area contributed by atoms with Crippen molar-refractivity contribution in [1.82, 2.24) is 0 Å². The van der Waals surface area contributed by atoms with E-state index >= 15 is 0 Å². The Bertz CT molecular complexity index is 991. The molecule has 27 heavy (non-hydrogen) atoms. The first kappa shape index (κ1) is 17.1. The highest BCUT2D eigenvalue weighted by atomic mass is 16.6. The number of hydrogen-bond acceptors (Lipinski definition) is 5. The second-order valence-corrected chi connectivity index (χ2v) is 6.12. The van der Waals surface area contributed by atoms with E-state index in [1.54, 1.807) is 24.3 Å². The summed E-state index contributed by atoms with van der Waals surface area (Å²) < 4.78 is 16.1. The summed E-state index contributed by atoms with van der Waals surface area (Å²) in [4.78, 5) is 11.2. The zero-order chi connectivity index (χ0) is 18.6. The molecule has 5 nitrogen and oxygen atoms in total. The SMILES string of the molecule is O=C1C=C(c2ccc(OCCOc3ccc4ccccc4c3)cc2)C(O)O1. The Kier molecular flexibility index (Phi) is 4.77. The molecular formula is C22H18O5. The summed E-state index contributed by atoms with van der Waals surface area (Å²) in [6.45, 7) is 0.825. The van der Waals surface area contributed by atoms with Crippen molar-refractivity contribution >= 4 is 22.3 Å². The molecule has 0 bridgehead atoms. The van der Waals surface area contributed by atoms with Gasteiger partial charge < -0.3 is 19.3 Å². The van der Waals surface area contributed by atoms with E-state index in [1.807, 2.05) is 30.3 Å². The van der Waals surface area contributed by atoms with Crippen LogP contribution in [0.4, 0.5) is 0 Å². The van der Waals surface area contributed by atoms with Crippen molar-refractivity contribution in [3.63, 3.8) is 0 Å². The zero-order valence-corrected chi connectivity index (χ0v) is 14.5. The molecule has 0 saturated heterocycles. The van der Waals surface area contributed by atoms with Gasteiger partial charge in [-0.15, -0.1) is 0 Å². The van der Waals surface area contributed by atoms with Crippen LogP contribution in [0.1, 0.15) is 5.56 Å². The molecule has 0 aromatic heterocycles. The minimum Gasteiger partial charge on any atom is -0.490 e. The first-order chi connectivity index (χ1) is 13.2. The predicted molar refractivity (Wildman–Crippen MR) is 101 cm³/mol. The molecule has 0 amide bonds. The largest absolute Gasteiger partial charge is 0.490 e. The van der Waals surface area contributed by atoms with Crippen LogP contribution in [0.15, 0.2) is 72.8 Å². The molecule has 136 valence electrons. The van der Waals surface area contributed by atoms with Gasteiger partial charge in [0.2, 0.25) is 6.29 Å². The third kappa shape index (κ3) is 3.93. The number of fused-ring (bicyclic) bond motifs is 1. The number of cyclic esters (lactones) is 1. The fourth-order valence-corrected chi connectivity index (χ4v) is 2.95. The summed E-state index contributed by atoms with van der Waals surface area (Å²) in [7, 11) is 0. The lowest BCUT2D eigenvalue weighted by Crippen LogP contribution is -2.10. The normalized spacial score (nSPS) is 16.1. The summed E-state index contributed by atoms with van der Waals surface area (Å²) in [6, 6.07) is 21.2. The number of aliphatic hydroxyl groups excluding tert-OH is 1. The van der Waals surface area contributed by atoms with Crippen molar-refractivity contribution in [2.24, 2.45) is 0 Å². The smallest absolute Gasteiger partial charge is 0.333 e. The van der Waals surface area contributed by atoms with Crippen molar-refractivity contribution in [3.05, 3.63) is 78.4 Å². The van der Waals surface area contributed by atoms with Crippen LogP contribution in [0.5, 0.6) is 11.5 Å². The van der Waals surface area contributed by atoms with Crippen LogP contribution in [0.25, 0.3) is 16.3 Å². The van der Waals surface area contributed by atoms with Crippen LogP contribution in [-0.4, -0.2) is 30.6 Å². The number of ether oxygens (including phenoxy) is 3. The van der Waals surface area contributed by atoms with Crippen LogP contribution >= 0.6 is 0 Å². The van der Waals surface area contributed by atoms with E-state index in [0.717, 1.165) is 11.1 Å². The quantitative estimate of drug-likeness (QED) is 0.537. The third-order valence-electron chi connectivity index (χ3n) is 4.30. The molecule has 5 heteroatoms. The van der Waals surface area contributed by atoms with E-state index in [2.05, 4.69) is 16.9 Å². The summed E-state index contributed by atoms with van der Waals surface area (Å²) in [5.41, 5.74) is 1.17. The van der Waals surface area contributed by atoms with Gasteiger partial charge >= 0.3 is 5.97 Å². The van der Waals surface area contributed by atoms with Crippen molar-refractivity contribution < 1.29 is 24.1 Å². The standard InChI is InChI=1S/C22H18O5/c23-21-14-20(22(24)27-21)16-6-8-18(9-7-16)25-11-12-26-19-10-5-15-3-1-2-4-17(15)13-19/h1-10,13-14,22,24H,11-12H2. The monoisotopic (exact) mass is 362 g/mol. The molecule has 4 rings (SSSR count). The van der Waals surface area contributed by atoms with Gasteiger partial charge in [-0.1, -0.05) is 42.5 Å². The van der Waals surface area contributed by atoms with Gasteiger partial charge in [-0.05, 0) is 40.6 Å². The van der Waals surface area contributed by atoms with Crippen LogP contribution < -0.4 is 9.47 Å². The molecule has 0 aliphatic carbocycles. The molecule has 0 saturated carbocycles. The molecule has 3 aromatic carbocycles. The lowest BCUT2D eigenvalue weighted by Gasteiger charge is -2.11. The summed E-state index contributed by atoms with van der Waals surface area (Å²) in [5, 5.41) is 12.0. The molecule has 1 aliphatic rings.